The summed E-state index contributed by atoms with van der Waals surface area (Å²) >= 11 is 0. The summed E-state index contributed by atoms with van der Waals surface area (Å²) in [6, 6.07) is 0. The second-order valence-corrected chi connectivity index (χ2v) is 4.14. The standard InChI is InChI=1S/C14H26/c1-3-5-7-9-11-13-14-12-10-8-6-4-2/h1H,4-14H2,2H3. The molecule has 2 radical (unpaired) electrons. The van der Waals surface area contributed by atoms with Crippen molar-refractivity contribution in [2.24, 2.45) is 0 Å². The van der Waals surface area contributed by atoms with Crippen molar-refractivity contribution < 1.29 is 0 Å². The van der Waals surface area contributed by atoms with Crippen molar-refractivity contribution in [2.45, 2.75) is 77.6 Å². The van der Waals surface area contributed by atoms with Crippen LogP contribution in [-0.4, -0.2) is 0 Å². The highest BCUT2D eigenvalue weighted by atomic mass is 14.0. The van der Waals surface area contributed by atoms with E-state index in [9.17, 15) is 0 Å². The Hall–Kier alpha value is -0.260. The molecule has 0 bridgehead atoms. The lowest BCUT2D eigenvalue weighted by molar-refractivity contribution is 0.557. The first kappa shape index (κ1) is 13.7. The normalized spacial score (nSPS) is 10.4. The van der Waals surface area contributed by atoms with Crippen LogP contribution in [0.3, 0.4) is 0 Å². The van der Waals surface area contributed by atoms with E-state index in [1.54, 1.807) is 0 Å². The third-order valence-corrected chi connectivity index (χ3v) is 2.67. The molecule has 0 aliphatic heterocycles. The van der Waals surface area contributed by atoms with Gasteiger partial charge in [-0.25, -0.2) is 0 Å². The minimum atomic E-state index is 0.969. The minimum Gasteiger partial charge on any atom is -0.0654 e. The summed E-state index contributed by atoms with van der Waals surface area (Å²) < 4.78 is 0. The Bertz CT molecular complexity index is 105. The van der Waals surface area contributed by atoms with Gasteiger partial charge in [0, 0.05) is 0 Å². The molecule has 0 aromatic heterocycles. The highest BCUT2D eigenvalue weighted by Gasteiger charge is 1.91. The number of hydrogen-bond donors (Lipinski definition) is 0. The highest BCUT2D eigenvalue weighted by molar-refractivity contribution is 4.52. The van der Waals surface area contributed by atoms with Gasteiger partial charge in [0.05, 0.1) is 0 Å². The maximum Gasteiger partial charge on any atom is -0.0276 e. The van der Waals surface area contributed by atoms with Gasteiger partial charge in [-0.05, 0) is 18.9 Å². The van der Waals surface area contributed by atoms with Crippen LogP contribution in [0.25, 0.3) is 0 Å². The van der Waals surface area contributed by atoms with Gasteiger partial charge in [-0.1, -0.05) is 71.3 Å². The molecule has 0 N–H and O–H groups in total. The monoisotopic (exact) mass is 194 g/mol. The largest absolute Gasteiger partial charge is 0.0654 e. The average Bonchev–Trinajstić information content (AvgIpc) is 2.21. The van der Waals surface area contributed by atoms with Crippen LogP contribution in [0.15, 0.2) is 0 Å². The maximum absolute atomic E-state index is 5.19. The molecule has 0 aliphatic carbocycles. The molecule has 0 heteroatoms. The van der Waals surface area contributed by atoms with Gasteiger partial charge in [0.1, 0.15) is 0 Å². The van der Waals surface area contributed by atoms with Gasteiger partial charge in [-0.15, -0.1) is 0 Å². The van der Waals surface area contributed by atoms with Gasteiger partial charge in [-0.2, -0.15) is 0 Å². The van der Waals surface area contributed by atoms with Gasteiger partial charge in [0.25, 0.3) is 0 Å². The van der Waals surface area contributed by atoms with Gasteiger partial charge in [-0.3, -0.25) is 0 Å². The molecule has 0 heterocycles. The fourth-order valence-corrected chi connectivity index (χ4v) is 1.71. The van der Waals surface area contributed by atoms with E-state index in [4.69, 9.17) is 6.58 Å². The zero-order valence-corrected chi connectivity index (χ0v) is 9.86. The topological polar surface area (TPSA) is 0 Å². The Morgan fingerprint density at radius 2 is 1.14 bits per heavy atom. The SMILES string of the molecule is [CH]=[C]CCCCCCCCCCCC. The molecule has 0 aromatic rings. The summed E-state index contributed by atoms with van der Waals surface area (Å²) in [7, 11) is 0. The molecule has 0 fully saturated rings. The lowest BCUT2D eigenvalue weighted by Crippen LogP contribution is -1.81. The predicted octanol–water partition coefficient (Wildman–Crippen LogP) is 5.09. The summed E-state index contributed by atoms with van der Waals surface area (Å²) in [5, 5.41) is 0. The van der Waals surface area contributed by atoms with Gasteiger partial charge < -0.3 is 0 Å². The molecule has 14 heavy (non-hydrogen) atoms. The van der Waals surface area contributed by atoms with E-state index in [0.29, 0.717) is 0 Å². The number of hydrogen-bond acceptors (Lipinski definition) is 0. The third kappa shape index (κ3) is 11.7. The summed E-state index contributed by atoms with van der Waals surface area (Å²) in [4.78, 5) is 0. The fourth-order valence-electron chi connectivity index (χ4n) is 1.71. The molecular formula is C14H26. The van der Waals surface area contributed by atoms with Crippen LogP contribution < -0.4 is 0 Å². The van der Waals surface area contributed by atoms with E-state index in [0.717, 1.165) is 6.42 Å². The second-order valence-electron chi connectivity index (χ2n) is 4.14. The van der Waals surface area contributed by atoms with Crippen LogP contribution in [-0.2, 0) is 0 Å². The lowest BCUT2D eigenvalue weighted by Gasteiger charge is -2.00. The van der Waals surface area contributed by atoms with Crippen LogP contribution >= 0.6 is 0 Å². The second kappa shape index (κ2) is 12.7. The lowest BCUT2D eigenvalue weighted by atomic mass is 10.1. The number of rotatable bonds is 11. The molecule has 82 valence electrons. The van der Waals surface area contributed by atoms with Crippen molar-refractivity contribution in [1.29, 1.82) is 0 Å². The zero-order valence-electron chi connectivity index (χ0n) is 9.86. The maximum atomic E-state index is 5.19. The van der Waals surface area contributed by atoms with E-state index in [2.05, 4.69) is 13.0 Å². The van der Waals surface area contributed by atoms with Crippen molar-refractivity contribution in [3.63, 3.8) is 0 Å². The van der Waals surface area contributed by atoms with Crippen molar-refractivity contribution in [2.75, 3.05) is 0 Å². The Morgan fingerprint density at radius 3 is 1.57 bits per heavy atom. The van der Waals surface area contributed by atoms with Crippen molar-refractivity contribution in [3.05, 3.63) is 12.7 Å². The van der Waals surface area contributed by atoms with E-state index in [1.165, 1.54) is 64.2 Å². The molecule has 0 aromatic carbocycles. The summed E-state index contributed by atoms with van der Waals surface area (Å²) in [5.41, 5.74) is 0. The molecule has 0 saturated heterocycles. The molecule has 0 saturated carbocycles. The van der Waals surface area contributed by atoms with Crippen molar-refractivity contribution in [1.82, 2.24) is 0 Å². The Balaban J connectivity index is 2.81. The third-order valence-electron chi connectivity index (χ3n) is 2.67. The van der Waals surface area contributed by atoms with E-state index in [-0.39, 0.29) is 0 Å². The van der Waals surface area contributed by atoms with E-state index in [1.807, 2.05) is 0 Å². The minimum absolute atomic E-state index is 0.969. The predicted molar refractivity (Wildman–Crippen MR) is 64.0 cm³/mol. The first-order valence-electron chi connectivity index (χ1n) is 6.35. The van der Waals surface area contributed by atoms with Crippen LogP contribution in [0, 0.1) is 12.7 Å². The van der Waals surface area contributed by atoms with Crippen molar-refractivity contribution >= 4 is 0 Å². The first-order valence-corrected chi connectivity index (χ1v) is 6.35. The van der Waals surface area contributed by atoms with Gasteiger partial charge in [0.15, 0.2) is 0 Å². The summed E-state index contributed by atoms with van der Waals surface area (Å²) in [6.07, 6.45) is 17.5. The van der Waals surface area contributed by atoms with Crippen molar-refractivity contribution in [3.8, 4) is 0 Å². The highest BCUT2D eigenvalue weighted by Crippen LogP contribution is 2.10. The zero-order chi connectivity index (χ0) is 10.5. The molecule has 0 amide bonds. The van der Waals surface area contributed by atoms with Crippen LogP contribution in [0.5, 0.6) is 0 Å². The molecule has 0 aliphatic rings. The number of allylic oxidation sites excluding steroid dienone is 1. The average molecular weight is 194 g/mol. The van der Waals surface area contributed by atoms with Gasteiger partial charge in [0.2, 0.25) is 0 Å². The first-order chi connectivity index (χ1) is 6.91. The van der Waals surface area contributed by atoms with Crippen LogP contribution in [0.2, 0.25) is 0 Å². The van der Waals surface area contributed by atoms with Gasteiger partial charge >= 0.3 is 0 Å². The molecule has 0 spiro atoms. The summed E-state index contributed by atoms with van der Waals surface area (Å²) in [5.74, 6) is 0. The Kier molecular flexibility index (Phi) is 12.5. The van der Waals surface area contributed by atoms with Crippen LogP contribution in [0.1, 0.15) is 77.6 Å². The smallest absolute Gasteiger partial charge is 0.0276 e. The van der Waals surface area contributed by atoms with Crippen LogP contribution in [0.4, 0.5) is 0 Å². The number of unbranched alkanes of at least 4 members (excludes halogenated alkanes) is 10. The molecular weight excluding hydrogens is 168 g/mol. The Morgan fingerprint density at radius 1 is 0.714 bits per heavy atom. The Labute approximate surface area is 90.8 Å². The molecule has 0 nitrogen and oxygen atoms in total. The molecule has 0 rings (SSSR count). The molecule has 0 unspecified atom stereocenters. The van der Waals surface area contributed by atoms with E-state index < -0.39 is 0 Å². The quantitative estimate of drug-likeness (QED) is 0.402. The van der Waals surface area contributed by atoms with E-state index >= 15 is 0 Å². The molecule has 0 atom stereocenters. The fraction of sp³-hybridized carbons (Fsp3) is 0.857. The summed E-state index contributed by atoms with van der Waals surface area (Å²) in [6.45, 7) is 7.46.